The molecule has 11 nitrogen and oxygen atoms in total. The molecule has 2 aromatic rings. The van der Waals surface area contributed by atoms with E-state index in [-0.39, 0.29) is 35.5 Å². The highest BCUT2D eigenvalue weighted by atomic mass is 19.3. The second-order valence-corrected chi connectivity index (χ2v) is 6.25. The number of amides is 3. The minimum atomic E-state index is -3.02. The van der Waals surface area contributed by atoms with Crippen LogP contribution in [0.5, 0.6) is 5.75 Å². The molecule has 0 aliphatic carbocycles. The molecule has 33 heavy (non-hydrogen) atoms. The van der Waals surface area contributed by atoms with Gasteiger partial charge < -0.3 is 14.8 Å². The number of hydrogen-bond donors (Lipinski definition) is 2. The number of nitro benzene ring substituents is 1. The predicted molar refractivity (Wildman–Crippen MR) is 107 cm³/mol. The van der Waals surface area contributed by atoms with Gasteiger partial charge in [0, 0.05) is 29.8 Å². The van der Waals surface area contributed by atoms with Gasteiger partial charge in [0.2, 0.25) is 0 Å². The maximum absolute atomic E-state index is 12.1. The Kier molecular flexibility index (Phi) is 8.91. The van der Waals surface area contributed by atoms with Crippen LogP contribution in [0.3, 0.4) is 0 Å². The summed E-state index contributed by atoms with van der Waals surface area (Å²) in [7, 11) is 0. The summed E-state index contributed by atoms with van der Waals surface area (Å²) in [6, 6.07) is 9.41. The summed E-state index contributed by atoms with van der Waals surface area (Å²) < 4.78 is 33.1. The van der Waals surface area contributed by atoms with Gasteiger partial charge in [-0.1, -0.05) is 0 Å². The standard InChI is InChI=1S/C20H17F2N3O8/c21-20(22)33-15-7-3-13(4-8-15)19(29)24-16(26)11-32-17(27)9-10-23-18(28)12-1-5-14(6-2-12)25(30)31/h1-8,20H,9-11H2,(H,23,28)(H,24,26,29). The summed E-state index contributed by atoms with van der Waals surface area (Å²) >= 11 is 0. The van der Waals surface area contributed by atoms with E-state index in [1.807, 2.05) is 5.32 Å². The summed E-state index contributed by atoms with van der Waals surface area (Å²) in [5.74, 6) is -3.31. The number of nitrogens with zero attached hydrogens (tertiary/aromatic N) is 1. The quantitative estimate of drug-likeness (QED) is 0.306. The number of carbonyl (C=O) groups excluding carboxylic acids is 4. The zero-order valence-electron chi connectivity index (χ0n) is 16.8. The molecule has 174 valence electrons. The van der Waals surface area contributed by atoms with Gasteiger partial charge in [-0.3, -0.25) is 34.6 Å². The first-order valence-electron chi connectivity index (χ1n) is 9.23. The van der Waals surface area contributed by atoms with Crippen LogP contribution in [0, 0.1) is 10.1 Å². The van der Waals surface area contributed by atoms with Crippen molar-refractivity contribution in [2.24, 2.45) is 0 Å². The first-order valence-corrected chi connectivity index (χ1v) is 9.23. The van der Waals surface area contributed by atoms with Crippen LogP contribution in [-0.4, -0.2) is 48.4 Å². The molecule has 0 radical (unpaired) electrons. The van der Waals surface area contributed by atoms with Crippen LogP contribution in [0.15, 0.2) is 48.5 Å². The van der Waals surface area contributed by atoms with Crippen molar-refractivity contribution in [1.29, 1.82) is 0 Å². The van der Waals surface area contributed by atoms with E-state index < -0.39 is 41.8 Å². The number of alkyl halides is 2. The van der Waals surface area contributed by atoms with Crippen LogP contribution in [0.25, 0.3) is 0 Å². The van der Waals surface area contributed by atoms with Crippen molar-refractivity contribution in [1.82, 2.24) is 10.6 Å². The number of carbonyl (C=O) groups is 4. The molecule has 13 heteroatoms. The van der Waals surface area contributed by atoms with Gasteiger partial charge in [0.05, 0.1) is 11.3 Å². The molecule has 0 aromatic heterocycles. The molecule has 0 saturated heterocycles. The number of nitro groups is 1. The fourth-order valence-corrected chi connectivity index (χ4v) is 2.36. The fourth-order valence-electron chi connectivity index (χ4n) is 2.36. The third-order valence-corrected chi connectivity index (χ3v) is 3.91. The lowest BCUT2D eigenvalue weighted by molar-refractivity contribution is -0.384. The monoisotopic (exact) mass is 465 g/mol. The molecule has 0 atom stereocenters. The molecule has 3 amide bonds. The van der Waals surface area contributed by atoms with Crippen LogP contribution in [0.1, 0.15) is 27.1 Å². The molecule has 2 aromatic carbocycles. The van der Waals surface area contributed by atoms with E-state index in [4.69, 9.17) is 4.74 Å². The minimum absolute atomic E-state index is 0.00903. The number of imide groups is 1. The minimum Gasteiger partial charge on any atom is -0.456 e. The normalized spacial score (nSPS) is 10.3. The largest absolute Gasteiger partial charge is 0.456 e. The molecule has 0 bridgehead atoms. The molecule has 2 N–H and O–H groups in total. The second kappa shape index (κ2) is 11.8. The number of esters is 1. The van der Waals surface area contributed by atoms with Gasteiger partial charge in [-0.25, -0.2) is 0 Å². The molecule has 0 heterocycles. The summed E-state index contributed by atoms with van der Waals surface area (Å²) in [5, 5.41) is 15.0. The second-order valence-electron chi connectivity index (χ2n) is 6.25. The molecule has 0 saturated carbocycles. The summed E-state index contributed by atoms with van der Waals surface area (Å²) in [4.78, 5) is 57.2. The van der Waals surface area contributed by atoms with E-state index in [9.17, 15) is 38.1 Å². The highest BCUT2D eigenvalue weighted by Crippen LogP contribution is 2.15. The van der Waals surface area contributed by atoms with Gasteiger partial charge in [-0.15, -0.1) is 0 Å². The number of halogens is 2. The Balaban J connectivity index is 1.69. The van der Waals surface area contributed by atoms with Gasteiger partial charge >= 0.3 is 12.6 Å². The third-order valence-electron chi connectivity index (χ3n) is 3.91. The number of ether oxygens (including phenoxy) is 2. The first kappa shape index (κ1) is 24.8. The van der Waals surface area contributed by atoms with Gasteiger partial charge in [-0.05, 0) is 36.4 Å². The Bertz CT molecular complexity index is 1030. The molecule has 0 aliphatic rings. The highest BCUT2D eigenvalue weighted by molar-refractivity contribution is 6.05. The van der Waals surface area contributed by atoms with E-state index in [2.05, 4.69) is 10.1 Å². The van der Waals surface area contributed by atoms with Crippen LogP contribution in [0.2, 0.25) is 0 Å². The Hall–Kier alpha value is -4.42. The Morgan fingerprint density at radius 1 is 0.939 bits per heavy atom. The Labute approximate surface area is 184 Å². The SMILES string of the molecule is O=C(COC(=O)CCNC(=O)c1ccc([N+](=O)[O-])cc1)NC(=O)c1ccc(OC(F)F)cc1. The summed E-state index contributed by atoms with van der Waals surface area (Å²) in [5.41, 5.74) is -0.0319. The van der Waals surface area contributed by atoms with Crippen LogP contribution >= 0.6 is 0 Å². The van der Waals surface area contributed by atoms with Crippen molar-refractivity contribution in [3.63, 3.8) is 0 Å². The van der Waals surface area contributed by atoms with Gasteiger partial charge in [0.1, 0.15) is 5.75 Å². The van der Waals surface area contributed by atoms with E-state index in [1.165, 1.54) is 24.3 Å². The van der Waals surface area contributed by atoms with Gasteiger partial charge in [-0.2, -0.15) is 8.78 Å². The predicted octanol–water partition coefficient (Wildman–Crippen LogP) is 1.82. The number of rotatable bonds is 10. The lowest BCUT2D eigenvalue weighted by atomic mass is 10.2. The topological polar surface area (TPSA) is 154 Å². The zero-order chi connectivity index (χ0) is 24.4. The van der Waals surface area contributed by atoms with Crippen LogP contribution in [-0.2, 0) is 14.3 Å². The average Bonchev–Trinajstić information content (AvgIpc) is 2.77. The van der Waals surface area contributed by atoms with E-state index >= 15 is 0 Å². The molecule has 0 spiro atoms. The molecule has 0 unspecified atom stereocenters. The van der Waals surface area contributed by atoms with Crippen molar-refractivity contribution >= 4 is 29.4 Å². The fraction of sp³-hybridized carbons (Fsp3) is 0.200. The first-order chi connectivity index (χ1) is 15.7. The molecular weight excluding hydrogens is 448 g/mol. The molecular formula is C20H17F2N3O8. The van der Waals surface area contributed by atoms with Gasteiger partial charge in [0.25, 0.3) is 23.4 Å². The van der Waals surface area contributed by atoms with E-state index in [0.717, 1.165) is 24.3 Å². The van der Waals surface area contributed by atoms with Crippen LogP contribution < -0.4 is 15.4 Å². The third kappa shape index (κ3) is 8.32. The van der Waals surface area contributed by atoms with E-state index in [0.29, 0.717) is 0 Å². The Morgan fingerprint density at radius 2 is 1.52 bits per heavy atom. The van der Waals surface area contributed by atoms with Crippen molar-refractivity contribution in [2.45, 2.75) is 13.0 Å². The number of hydrogen-bond acceptors (Lipinski definition) is 8. The molecule has 0 fully saturated rings. The van der Waals surface area contributed by atoms with Crippen molar-refractivity contribution in [3.8, 4) is 5.75 Å². The number of nitrogens with one attached hydrogen (secondary N) is 2. The Morgan fingerprint density at radius 3 is 2.09 bits per heavy atom. The molecule has 2 rings (SSSR count). The van der Waals surface area contributed by atoms with E-state index in [1.54, 1.807) is 0 Å². The number of benzene rings is 2. The van der Waals surface area contributed by atoms with Crippen molar-refractivity contribution < 1.29 is 42.4 Å². The van der Waals surface area contributed by atoms with Crippen LogP contribution in [0.4, 0.5) is 14.5 Å². The highest BCUT2D eigenvalue weighted by Gasteiger charge is 2.14. The lowest BCUT2D eigenvalue weighted by Gasteiger charge is -2.08. The zero-order valence-corrected chi connectivity index (χ0v) is 16.8. The maximum atomic E-state index is 12.1. The van der Waals surface area contributed by atoms with Gasteiger partial charge in [0.15, 0.2) is 6.61 Å². The maximum Gasteiger partial charge on any atom is 0.387 e. The number of non-ortho nitro benzene ring substituents is 1. The van der Waals surface area contributed by atoms with Crippen molar-refractivity contribution in [2.75, 3.05) is 13.2 Å². The lowest BCUT2D eigenvalue weighted by Crippen LogP contribution is -2.34. The summed E-state index contributed by atoms with van der Waals surface area (Å²) in [6.07, 6.45) is -0.272. The van der Waals surface area contributed by atoms with Crippen molar-refractivity contribution in [3.05, 3.63) is 69.8 Å². The average molecular weight is 465 g/mol. The summed E-state index contributed by atoms with van der Waals surface area (Å²) in [6.45, 7) is -3.90. The molecule has 0 aliphatic heterocycles. The smallest absolute Gasteiger partial charge is 0.387 e.